The van der Waals surface area contributed by atoms with E-state index in [-0.39, 0.29) is 30.4 Å². The summed E-state index contributed by atoms with van der Waals surface area (Å²) in [5.74, 6) is -1.27. The SMILES string of the molecule is CN(C)C(=O)[C@H](OC(=O)C1=NN(c2ccccc2)C(=O)CC1)c1ccccc1. The van der Waals surface area contributed by atoms with Gasteiger partial charge in [-0.3, -0.25) is 9.59 Å². The van der Waals surface area contributed by atoms with Crippen LogP contribution < -0.4 is 5.01 Å². The highest BCUT2D eigenvalue weighted by Gasteiger charge is 2.31. The lowest BCUT2D eigenvalue weighted by Gasteiger charge is -2.25. The molecule has 1 aliphatic heterocycles. The van der Waals surface area contributed by atoms with Crippen molar-refractivity contribution >= 4 is 29.2 Å². The average molecular weight is 379 g/mol. The molecule has 0 unspecified atom stereocenters. The number of carbonyl (C=O) groups excluding carboxylic acids is 3. The molecule has 0 radical (unpaired) electrons. The van der Waals surface area contributed by atoms with E-state index < -0.39 is 12.1 Å². The van der Waals surface area contributed by atoms with Crippen LogP contribution in [-0.2, 0) is 19.1 Å². The van der Waals surface area contributed by atoms with E-state index >= 15 is 0 Å². The maximum Gasteiger partial charge on any atom is 0.355 e. The van der Waals surface area contributed by atoms with E-state index in [9.17, 15) is 14.4 Å². The quantitative estimate of drug-likeness (QED) is 0.748. The highest BCUT2D eigenvalue weighted by atomic mass is 16.5. The van der Waals surface area contributed by atoms with Crippen molar-refractivity contribution in [3.8, 4) is 0 Å². The Labute approximate surface area is 163 Å². The molecule has 3 rings (SSSR count). The maximum atomic E-state index is 12.7. The van der Waals surface area contributed by atoms with Crippen molar-refractivity contribution in [2.24, 2.45) is 5.10 Å². The van der Waals surface area contributed by atoms with Gasteiger partial charge in [-0.2, -0.15) is 5.10 Å². The van der Waals surface area contributed by atoms with Crippen LogP contribution in [0.5, 0.6) is 0 Å². The number of likely N-dealkylation sites (N-methyl/N-ethyl adjacent to an activating group) is 1. The Morgan fingerprint density at radius 1 is 1.00 bits per heavy atom. The van der Waals surface area contributed by atoms with E-state index in [4.69, 9.17) is 4.74 Å². The van der Waals surface area contributed by atoms with Gasteiger partial charge in [0.15, 0.2) is 0 Å². The molecule has 7 heteroatoms. The van der Waals surface area contributed by atoms with Crippen LogP contribution in [0.2, 0.25) is 0 Å². The number of anilines is 1. The van der Waals surface area contributed by atoms with Crippen molar-refractivity contribution in [3.05, 3.63) is 66.2 Å². The zero-order valence-corrected chi connectivity index (χ0v) is 15.7. The molecule has 2 aromatic carbocycles. The van der Waals surface area contributed by atoms with Crippen LogP contribution in [0.1, 0.15) is 24.5 Å². The smallest absolute Gasteiger partial charge is 0.355 e. The Morgan fingerprint density at radius 3 is 2.21 bits per heavy atom. The minimum atomic E-state index is -1.07. The minimum absolute atomic E-state index is 0.107. The van der Waals surface area contributed by atoms with Crippen molar-refractivity contribution in [2.45, 2.75) is 18.9 Å². The number of hydrogen-bond acceptors (Lipinski definition) is 5. The molecule has 0 saturated heterocycles. The Kier molecular flexibility index (Phi) is 5.84. The van der Waals surface area contributed by atoms with E-state index in [1.807, 2.05) is 12.1 Å². The van der Waals surface area contributed by atoms with Crippen LogP contribution >= 0.6 is 0 Å². The number of benzene rings is 2. The molecule has 0 bridgehead atoms. The molecule has 0 N–H and O–H groups in total. The largest absolute Gasteiger partial charge is 0.443 e. The van der Waals surface area contributed by atoms with Gasteiger partial charge in [0.25, 0.3) is 5.91 Å². The number of hydrazone groups is 1. The normalized spacial score (nSPS) is 14.9. The van der Waals surface area contributed by atoms with Gasteiger partial charge in [-0.25, -0.2) is 9.80 Å². The van der Waals surface area contributed by atoms with Crippen molar-refractivity contribution in [1.29, 1.82) is 0 Å². The number of rotatable bonds is 5. The van der Waals surface area contributed by atoms with Crippen LogP contribution in [-0.4, -0.2) is 42.5 Å². The fourth-order valence-electron chi connectivity index (χ4n) is 2.77. The van der Waals surface area contributed by atoms with Crippen LogP contribution in [0.3, 0.4) is 0 Å². The van der Waals surface area contributed by atoms with Gasteiger partial charge in [0.2, 0.25) is 12.0 Å². The van der Waals surface area contributed by atoms with E-state index in [0.717, 1.165) is 0 Å². The molecule has 0 aliphatic carbocycles. The Balaban J connectivity index is 1.85. The van der Waals surface area contributed by atoms with E-state index in [1.54, 1.807) is 62.6 Å². The second kappa shape index (κ2) is 8.47. The summed E-state index contributed by atoms with van der Waals surface area (Å²) < 4.78 is 5.52. The highest BCUT2D eigenvalue weighted by Crippen LogP contribution is 2.23. The number of para-hydroxylation sites is 1. The number of hydrogen-bond donors (Lipinski definition) is 0. The molecule has 1 aliphatic rings. The molecular weight excluding hydrogens is 358 g/mol. The molecule has 1 atom stereocenters. The molecular formula is C21H21N3O4. The number of ether oxygens (including phenoxy) is 1. The molecule has 0 spiro atoms. The first-order chi connectivity index (χ1) is 13.5. The molecule has 28 heavy (non-hydrogen) atoms. The van der Waals surface area contributed by atoms with Crippen molar-refractivity contribution in [2.75, 3.05) is 19.1 Å². The molecule has 0 aromatic heterocycles. The van der Waals surface area contributed by atoms with Crippen molar-refractivity contribution in [1.82, 2.24) is 4.90 Å². The first-order valence-corrected chi connectivity index (χ1v) is 8.90. The van der Waals surface area contributed by atoms with Crippen LogP contribution in [0.25, 0.3) is 0 Å². The maximum absolute atomic E-state index is 12.7. The number of nitrogens with zero attached hydrogens (tertiary/aromatic N) is 3. The Hall–Kier alpha value is -3.48. The topological polar surface area (TPSA) is 79.3 Å². The summed E-state index contributed by atoms with van der Waals surface area (Å²) in [6, 6.07) is 17.7. The standard InChI is InChI=1S/C21H21N3O4/c1-23(2)20(26)19(15-9-5-3-6-10-15)28-21(27)17-13-14-18(25)24(22-17)16-11-7-4-8-12-16/h3-12,19H,13-14H2,1-2H3/t19-/m1/s1. The molecule has 2 amide bonds. The lowest BCUT2D eigenvalue weighted by atomic mass is 10.1. The predicted molar refractivity (Wildman–Crippen MR) is 105 cm³/mol. The summed E-state index contributed by atoms with van der Waals surface area (Å²) in [4.78, 5) is 38.9. The first kappa shape index (κ1) is 19.3. The Morgan fingerprint density at radius 2 is 1.61 bits per heavy atom. The van der Waals surface area contributed by atoms with Gasteiger partial charge in [-0.05, 0) is 12.1 Å². The number of amides is 2. The number of carbonyl (C=O) groups is 3. The van der Waals surface area contributed by atoms with Gasteiger partial charge in [0.05, 0.1) is 5.69 Å². The molecule has 0 fully saturated rings. The summed E-state index contributed by atoms with van der Waals surface area (Å²) in [7, 11) is 3.19. The lowest BCUT2D eigenvalue weighted by molar-refractivity contribution is -0.154. The van der Waals surface area contributed by atoms with Gasteiger partial charge in [0, 0.05) is 32.5 Å². The van der Waals surface area contributed by atoms with Crippen LogP contribution in [0.4, 0.5) is 5.69 Å². The first-order valence-electron chi connectivity index (χ1n) is 8.90. The third-order valence-corrected chi connectivity index (χ3v) is 4.26. The number of esters is 1. The monoisotopic (exact) mass is 379 g/mol. The van der Waals surface area contributed by atoms with Crippen molar-refractivity contribution in [3.63, 3.8) is 0 Å². The molecule has 1 heterocycles. The summed E-state index contributed by atoms with van der Waals surface area (Å²) in [6.45, 7) is 0. The summed E-state index contributed by atoms with van der Waals surface area (Å²) >= 11 is 0. The Bertz CT molecular complexity index is 894. The zero-order chi connectivity index (χ0) is 20.1. The van der Waals surface area contributed by atoms with Gasteiger partial charge in [0.1, 0.15) is 5.71 Å². The van der Waals surface area contributed by atoms with E-state index in [2.05, 4.69) is 5.10 Å². The lowest BCUT2D eigenvalue weighted by Crippen LogP contribution is -2.37. The van der Waals surface area contributed by atoms with Gasteiger partial charge >= 0.3 is 5.97 Å². The second-order valence-corrected chi connectivity index (χ2v) is 6.52. The fraction of sp³-hybridized carbons (Fsp3) is 0.238. The summed E-state index contributed by atoms with van der Waals surface area (Å²) in [6.07, 6.45) is -0.770. The van der Waals surface area contributed by atoms with Gasteiger partial charge in [-0.1, -0.05) is 48.5 Å². The molecule has 0 saturated carbocycles. The van der Waals surface area contributed by atoms with Crippen LogP contribution in [0.15, 0.2) is 65.8 Å². The minimum Gasteiger partial charge on any atom is -0.443 e. The van der Waals surface area contributed by atoms with E-state index in [0.29, 0.717) is 11.3 Å². The second-order valence-electron chi connectivity index (χ2n) is 6.52. The fourth-order valence-corrected chi connectivity index (χ4v) is 2.77. The molecule has 2 aromatic rings. The van der Waals surface area contributed by atoms with Crippen molar-refractivity contribution < 1.29 is 19.1 Å². The van der Waals surface area contributed by atoms with Gasteiger partial charge < -0.3 is 9.64 Å². The summed E-state index contributed by atoms with van der Waals surface area (Å²) in [5, 5.41) is 5.38. The predicted octanol–water partition coefficient (Wildman–Crippen LogP) is 2.54. The third kappa shape index (κ3) is 4.25. The zero-order valence-electron chi connectivity index (χ0n) is 15.7. The van der Waals surface area contributed by atoms with Gasteiger partial charge in [-0.15, -0.1) is 0 Å². The summed E-state index contributed by atoms with van der Waals surface area (Å²) in [5.41, 5.74) is 1.25. The highest BCUT2D eigenvalue weighted by molar-refractivity contribution is 6.38. The van der Waals surface area contributed by atoms with Crippen LogP contribution in [0, 0.1) is 0 Å². The molecule has 144 valence electrons. The average Bonchev–Trinajstić information content (AvgIpc) is 2.73. The third-order valence-electron chi connectivity index (χ3n) is 4.26. The van der Waals surface area contributed by atoms with E-state index in [1.165, 1.54) is 9.91 Å². The molecule has 7 nitrogen and oxygen atoms in total.